The molecule has 1 aromatic heterocycles. The summed E-state index contributed by atoms with van der Waals surface area (Å²) in [5.41, 5.74) is 3.93. The number of H-pyrrole nitrogens is 1. The molecule has 2 nitrogen and oxygen atoms in total. The van der Waals surface area contributed by atoms with Gasteiger partial charge in [-0.05, 0) is 23.8 Å². The van der Waals surface area contributed by atoms with E-state index in [0.717, 1.165) is 13.1 Å². The lowest BCUT2D eigenvalue weighted by Gasteiger charge is -2.26. The highest BCUT2D eigenvalue weighted by atomic mass is 15.1. The predicted octanol–water partition coefficient (Wildman–Crippen LogP) is 2.59. The van der Waals surface area contributed by atoms with E-state index in [1.54, 1.807) is 0 Å². The number of hydrogen-bond acceptors (Lipinski definition) is 1. The second-order valence-electron chi connectivity index (χ2n) is 5.62. The second kappa shape index (κ2) is 4.81. The minimum absolute atomic E-state index is 0.945. The molecular weight excluding hydrogens is 256 g/mol. The fourth-order valence-corrected chi connectivity index (χ4v) is 3.17. The lowest BCUT2D eigenvalue weighted by atomic mass is 10.1. The summed E-state index contributed by atoms with van der Waals surface area (Å²) in [4.78, 5) is 5.81. The third-order valence-electron chi connectivity index (χ3n) is 4.39. The van der Waals surface area contributed by atoms with Crippen molar-refractivity contribution in [2.45, 2.75) is 13.5 Å². The summed E-state index contributed by atoms with van der Waals surface area (Å²) in [5, 5.41) is 4.03. The van der Waals surface area contributed by atoms with Crippen molar-refractivity contribution in [3.63, 3.8) is 0 Å². The Morgan fingerprint density at radius 1 is 1.05 bits per heavy atom. The quantitative estimate of drug-likeness (QED) is 0.761. The van der Waals surface area contributed by atoms with Crippen LogP contribution in [0.3, 0.4) is 0 Å². The SMILES string of the molecule is CC1=c2ccccc2=CCN1Cc1c[nH]c2ccccc12. The molecule has 2 heterocycles. The minimum Gasteiger partial charge on any atom is -0.366 e. The van der Waals surface area contributed by atoms with Gasteiger partial charge in [-0.25, -0.2) is 0 Å². The molecule has 0 radical (unpaired) electrons. The smallest absolute Gasteiger partial charge is 0.0457 e. The lowest BCUT2D eigenvalue weighted by Crippen LogP contribution is -2.38. The van der Waals surface area contributed by atoms with Gasteiger partial charge in [0.15, 0.2) is 0 Å². The Balaban J connectivity index is 1.75. The third-order valence-corrected chi connectivity index (χ3v) is 4.39. The molecular formula is C19H18N2. The summed E-state index contributed by atoms with van der Waals surface area (Å²) >= 11 is 0. The molecule has 3 aromatic rings. The number of aromatic nitrogens is 1. The standard InChI is InChI=1S/C19H18N2/c1-14-17-7-3-2-6-15(17)10-11-21(14)13-16-12-20-19-9-5-4-8-18(16)19/h2-10,12,20H,11,13H2,1H3. The molecule has 0 bridgehead atoms. The Morgan fingerprint density at radius 3 is 2.81 bits per heavy atom. The minimum atomic E-state index is 0.945. The highest BCUT2D eigenvalue weighted by Gasteiger charge is 2.12. The van der Waals surface area contributed by atoms with E-state index >= 15 is 0 Å². The van der Waals surface area contributed by atoms with Crippen LogP contribution < -0.4 is 10.4 Å². The van der Waals surface area contributed by atoms with E-state index in [9.17, 15) is 0 Å². The van der Waals surface area contributed by atoms with Crippen molar-refractivity contribution in [2.24, 2.45) is 0 Å². The molecule has 0 unspecified atom stereocenters. The molecule has 2 heteroatoms. The van der Waals surface area contributed by atoms with Crippen molar-refractivity contribution in [1.29, 1.82) is 0 Å². The number of benzene rings is 2. The van der Waals surface area contributed by atoms with E-state index in [1.165, 1.54) is 32.6 Å². The fraction of sp³-hybridized carbons (Fsp3) is 0.158. The summed E-state index contributed by atoms with van der Waals surface area (Å²) < 4.78 is 0. The normalized spacial score (nSPS) is 14.1. The summed E-state index contributed by atoms with van der Waals surface area (Å²) in [6, 6.07) is 17.1. The summed E-state index contributed by atoms with van der Waals surface area (Å²) in [7, 11) is 0. The monoisotopic (exact) mass is 274 g/mol. The Kier molecular flexibility index (Phi) is 2.81. The van der Waals surface area contributed by atoms with Crippen LogP contribution in [0.5, 0.6) is 0 Å². The summed E-state index contributed by atoms with van der Waals surface area (Å²) in [6.45, 7) is 4.14. The lowest BCUT2D eigenvalue weighted by molar-refractivity contribution is 0.432. The number of para-hydroxylation sites is 1. The summed E-state index contributed by atoms with van der Waals surface area (Å²) in [5.74, 6) is 0. The van der Waals surface area contributed by atoms with Gasteiger partial charge in [-0.2, -0.15) is 0 Å². The first-order valence-electron chi connectivity index (χ1n) is 7.39. The van der Waals surface area contributed by atoms with E-state index < -0.39 is 0 Å². The fourth-order valence-electron chi connectivity index (χ4n) is 3.17. The van der Waals surface area contributed by atoms with Crippen LogP contribution in [-0.2, 0) is 6.54 Å². The number of nitrogens with one attached hydrogen (secondary N) is 1. The van der Waals surface area contributed by atoms with Gasteiger partial charge >= 0.3 is 0 Å². The van der Waals surface area contributed by atoms with Crippen LogP contribution in [0.4, 0.5) is 0 Å². The van der Waals surface area contributed by atoms with Crippen LogP contribution >= 0.6 is 0 Å². The first-order valence-corrected chi connectivity index (χ1v) is 7.39. The van der Waals surface area contributed by atoms with Gasteiger partial charge < -0.3 is 9.88 Å². The van der Waals surface area contributed by atoms with Crippen LogP contribution in [0.25, 0.3) is 22.7 Å². The molecule has 0 fully saturated rings. The van der Waals surface area contributed by atoms with Crippen LogP contribution in [0.2, 0.25) is 0 Å². The highest BCUT2D eigenvalue weighted by molar-refractivity contribution is 5.83. The van der Waals surface area contributed by atoms with Crippen LogP contribution in [0, 0.1) is 0 Å². The van der Waals surface area contributed by atoms with Crippen LogP contribution in [0.15, 0.2) is 54.7 Å². The van der Waals surface area contributed by atoms with Gasteiger partial charge in [0.2, 0.25) is 0 Å². The van der Waals surface area contributed by atoms with Crippen molar-refractivity contribution >= 4 is 22.7 Å². The van der Waals surface area contributed by atoms with Gasteiger partial charge in [-0.15, -0.1) is 0 Å². The molecule has 21 heavy (non-hydrogen) atoms. The van der Waals surface area contributed by atoms with E-state index in [0.29, 0.717) is 0 Å². The number of rotatable bonds is 2. The zero-order chi connectivity index (χ0) is 14.2. The molecule has 0 amide bonds. The molecule has 4 rings (SSSR count). The molecule has 1 aliphatic rings. The van der Waals surface area contributed by atoms with Gasteiger partial charge in [-0.1, -0.05) is 48.5 Å². The number of fused-ring (bicyclic) bond motifs is 2. The maximum Gasteiger partial charge on any atom is 0.0457 e. The first kappa shape index (κ1) is 12.3. The Bertz CT molecular complexity index is 918. The number of nitrogens with zero attached hydrogens (tertiary/aromatic N) is 1. The molecule has 2 aromatic carbocycles. The Morgan fingerprint density at radius 2 is 1.86 bits per heavy atom. The van der Waals surface area contributed by atoms with Crippen LogP contribution in [-0.4, -0.2) is 16.4 Å². The maximum atomic E-state index is 3.37. The predicted molar refractivity (Wildman–Crippen MR) is 87.9 cm³/mol. The number of hydrogen-bond donors (Lipinski definition) is 1. The molecule has 0 saturated carbocycles. The molecule has 0 saturated heterocycles. The first-order chi connectivity index (χ1) is 10.3. The maximum absolute atomic E-state index is 3.37. The zero-order valence-corrected chi connectivity index (χ0v) is 12.1. The molecule has 0 spiro atoms. The third kappa shape index (κ3) is 2.04. The Hall–Kier alpha value is -2.48. The average Bonchev–Trinajstić information content (AvgIpc) is 2.94. The van der Waals surface area contributed by atoms with Crippen molar-refractivity contribution in [3.8, 4) is 0 Å². The summed E-state index contributed by atoms with van der Waals surface area (Å²) in [6.07, 6.45) is 4.45. The number of aromatic amines is 1. The van der Waals surface area contributed by atoms with Gasteiger partial charge in [0, 0.05) is 41.1 Å². The largest absolute Gasteiger partial charge is 0.366 e. The molecule has 1 aliphatic heterocycles. The van der Waals surface area contributed by atoms with Gasteiger partial charge in [0.05, 0.1) is 0 Å². The van der Waals surface area contributed by atoms with Gasteiger partial charge in [0.25, 0.3) is 0 Å². The van der Waals surface area contributed by atoms with E-state index in [1.807, 2.05) is 0 Å². The molecule has 0 aliphatic carbocycles. The molecule has 1 N–H and O–H groups in total. The van der Waals surface area contributed by atoms with Gasteiger partial charge in [0.1, 0.15) is 0 Å². The van der Waals surface area contributed by atoms with Crippen LogP contribution in [0.1, 0.15) is 12.5 Å². The second-order valence-corrected chi connectivity index (χ2v) is 5.62. The highest BCUT2D eigenvalue weighted by Crippen LogP contribution is 2.21. The van der Waals surface area contributed by atoms with Crippen molar-refractivity contribution in [2.75, 3.05) is 6.54 Å². The average molecular weight is 274 g/mol. The van der Waals surface area contributed by atoms with Crippen molar-refractivity contribution in [1.82, 2.24) is 9.88 Å². The molecule has 104 valence electrons. The van der Waals surface area contributed by atoms with E-state index in [-0.39, 0.29) is 0 Å². The topological polar surface area (TPSA) is 19.0 Å². The zero-order valence-electron chi connectivity index (χ0n) is 12.1. The van der Waals surface area contributed by atoms with E-state index in [4.69, 9.17) is 0 Å². The van der Waals surface area contributed by atoms with Gasteiger partial charge in [-0.3, -0.25) is 0 Å². The Labute approximate surface area is 124 Å². The van der Waals surface area contributed by atoms with Crippen molar-refractivity contribution in [3.05, 3.63) is 70.7 Å². The van der Waals surface area contributed by atoms with E-state index in [2.05, 4.69) is 77.6 Å². The van der Waals surface area contributed by atoms with Crippen molar-refractivity contribution < 1.29 is 0 Å². The molecule has 0 atom stereocenters.